The summed E-state index contributed by atoms with van der Waals surface area (Å²) in [4.78, 5) is 28.9. The summed E-state index contributed by atoms with van der Waals surface area (Å²) in [7, 11) is 0. The number of Topliss-reactive ketones (excluding diaryl/α,β-unsaturated/α-hetero) is 2. The van der Waals surface area contributed by atoms with Crippen LogP contribution in [-0.4, -0.2) is 34.7 Å². The van der Waals surface area contributed by atoms with E-state index in [0.717, 1.165) is 40.9 Å². The maximum absolute atomic E-state index is 13.4. The molecule has 2 aliphatic carbocycles. The Kier molecular flexibility index (Phi) is 4.81. The molecular weight excluding hydrogens is 362 g/mol. The van der Waals surface area contributed by atoms with Crippen LogP contribution >= 0.6 is 0 Å². The van der Waals surface area contributed by atoms with E-state index in [-0.39, 0.29) is 34.9 Å². The lowest BCUT2D eigenvalue weighted by molar-refractivity contribution is -0.119. The lowest BCUT2D eigenvalue weighted by Crippen LogP contribution is -2.45. The molecule has 4 heteroatoms. The zero-order chi connectivity index (χ0) is 21.0. The molecule has 0 fully saturated rings. The Hall–Kier alpha value is -2.20. The molecule has 0 atom stereocenters. The molecule has 1 aromatic rings. The number of hydrogen-bond acceptors (Lipinski definition) is 4. The number of allylic oxidation sites excluding steroid dienone is 4. The number of carbonyl (C=O) groups is 2. The SMILES string of the molecule is CC1(C)CC(=O)C2=C(C1)N(CCO)C1=C(C(=O)CC(C)(C)C1)C2c1ccccc1. The smallest absolute Gasteiger partial charge is 0.162 e. The standard InChI is InChI=1S/C25H31NO3/c1-24(2)12-17-22(19(28)14-24)21(16-8-6-5-7-9-16)23-18(26(17)10-11-27)13-25(3,4)15-20(23)29/h5-9,21,27H,10-15H2,1-4H3. The predicted molar refractivity (Wildman–Crippen MR) is 113 cm³/mol. The van der Waals surface area contributed by atoms with Gasteiger partial charge in [-0.2, -0.15) is 0 Å². The highest BCUT2D eigenvalue weighted by molar-refractivity contribution is 6.06. The van der Waals surface area contributed by atoms with Crippen molar-refractivity contribution < 1.29 is 14.7 Å². The fourth-order valence-electron chi connectivity index (χ4n) is 5.40. The minimum absolute atomic E-state index is 0.00714. The summed E-state index contributed by atoms with van der Waals surface area (Å²) < 4.78 is 0. The zero-order valence-corrected chi connectivity index (χ0v) is 17.9. The molecule has 3 aliphatic rings. The first kappa shape index (κ1) is 20.1. The van der Waals surface area contributed by atoms with Crippen molar-refractivity contribution in [2.24, 2.45) is 10.8 Å². The van der Waals surface area contributed by atoms with Gasteiger partial charge in [-0.25, -0.2) is 0 Å². The summed E-state index contributed by atoms with van der Waals surface area (Å²) in [5.41, 5.74) is 4.33. The van der Waals surface area contributed by atoms with Gasteiger partial charge in [-0.1, -0.05) is 58.0 Å². The molecule has 0 radical (unpaired) electrons. The van der Waals surface area contributed by atoms with Gasteiger partial charge in [-0.05, 0) is 29.2 Å². The van der Waals surface area contributed by atoms with Crippen molar-refractivity contribution in [2.45, 2.75) is 59.3 Å². The van der Waals surface area contributed by atoms with Crippen LogP contribution in [0.15, 0.2) is 52.9 Å². The quantitative estimate of drug-likeness (QED) is 0.829. The monoisotopic (exact) mass is 393 g/mol. The maximum Gasteiger partial charge on any atom is 0.162 e. The molecule has 4 nitrogen and oxygen atoms in total. The van der Waals surface area contributed by atoms with Crippen LogP contribution in [0.2, 0.25) is 0 Å². The van der Waals surface area contributed by atoms with Crippen LogP contribution in [0.1, 0.15) is 64.9 Å². The van der Waals surface area contributed by atoms with Gasteiger partial charge in [0.05, 0.1) is 6.61 Å². The van der Waals surface area contributed by atoms with E-state index in [4.69, 9.17) is 0 Å². The lowest BCUT2D eigenvalue weighted by atomic mass is 9.63. The van der Waals surface area contributed by atoms with Crippen molar-refractivity contribution in [1.82, 2.24) is 4.90 Å². The third-order valence-corrected chi connectivity index (χ3v) is 6.48. The summed E-state index contributed by atoms with van der Waals surface area (Å²) in [6.07, 6.45) is 2.54. The molecule has 0 aromatic heterocycles. The summed E-state index contributed by atoms with van der Waals surface area (Å²) in [5.74, 6) is -0.0159. The van der Waals surface area contributed by atoms with Crippen LogP contribution in [0.3, 0.4) is 0 Å². The van der Waals surface area contributed by atoms with Gasteiger partial charge < -0.3 is 10.0 Å². The molecule has 1 aliphatic heterocycles. The fraction of sp³-hybridized carbons (Fsp3) is 0.520. The number of benzene rings is 1. The average molecular weight is 394 g/mol. The summed E-state index contributed by atoms with van der Waals surface area (Å²) in [6, 6.07) is 9.98. The first-order valence-corrected chi connectivity index (χ1v) is 10.6. The van der Waals surface area contributed by atoms with Gasteiger partial charge in [-0.15, -0.1) is 0 Å². The second-order valence-corrected chi connectivity index (χ2v) is 10.3. The molecule has 4 rings (SSSR count). The number of aliphatic hydroxyl groups excluding tert-OH is 1. The van der Waals surface area contributed by atoms with E-state index >= 15 is 0 Å². The Labute approximate surface area is 173 Å². The molecule has 0 bridgehead atoms. The molecule has 29 heavy (non-hydrogen) atoms. The van der Waals surface area contributed by atoms with Crippen molar-refractivity contribution in [3.05, 3.63) is 58.4 Å². The van der Waals surface area contributed by atoms with Crippen LogP contribution in [0.4, 0.5) is 0 Å². The molecule has 0 saturated heterocycles. The molecule has 0 amide bonds. The van der Waals surface area contributed by atoms with Crippen LogP contribution in [0.25, 0.3) is 0 Å². The van der Waals surface area contributed by atoms with Gasteiger partial charge >= 0.3 is 0 Å². The Morgan fingerprint density at radius 1 is 0.862 bits per heavy atom. The summed E-state index contributed by atoms with van der Waals surface area (Å²) in [5, 5.41) is 9.82. The zero-order valence-electron chi connectivity index (χ0n) is 17.9. The van der Waals surface area contributed by atoms with E-state index in [1.807, 2.05) is 30.3 Å². The number of carbonyl (C=O) groups excluding carboxylic acids is 2. The number of rotatable bonds is 3. The molecule has 0 unspecified atom stereocenters. The van der Waals surface area contributed by atoms with Gasteiger partial charge in [0.1, 0.15) is 0 Å². The van der Waals surface area contributed by atoms with E-state index in [0.29, 0.717) is 19.4 Å². The largest absolute Gasteiger partial charge is 0.395 e. The number of β-amino-alcohol motifs (C(OH)–C–C–N with tert-alkyl or cyclic N) is 1. The van der Waals surface area contributed by atoms with Gasteiger partial charge in [0.25, 0.3) is 0 Å². The van der Waals surface area contributed by atoms with E-state index in [1.165, 1.54) is 0 Å². The minimum Gasteiger partial charge on any atom is -0.395 e. The molecule has 0 saturated carbocycles. The van der Waals surface area contributed by atoms with Gasteiger partial charge in [0.15, 0.2) is 11.6 Å². The summed E-state index contributed by atoms with van der Waals surface area (Å²) in [6.45, 7) is 8.93. The molecular formula is C25H31NO3. The van der Waals surface area contributed by atoms with Crippen LogP contribution in [0, 0.1) is 10.8 Å². The van der Waals surface area contributed by atoms with Gasteiger partial charge in [-0.3, -0.25) is 9.59 Å². The van der Waals surface area contributed by atoms with Crippen LogP contribution in [0.5, 0.6) is 0 Å². The summed E-state index contributed by atoms with van der Waals surface area (Å²) >= 11 is 0. The van der Waals surface area contributed by atoms with E-state index in [2.05, 4.69) is 32.6 Å². The molecule has 0 spiro atoms. The first-order chi connectivity index (χ1) is 13.6. The molecule has 154 valence electrons. The minimum atomic E-state index is -0.289. The number of nitrogens with zero attached hydrogens (tertiary/aromatic N) is 1. The highest BCUT2D eigenvalue weighted by Crippen LogP contribution is 2.54. The second-order valence-electron chi connectivity index (χ2n) is 10.3. The van der Waals surface area contributed by atoms with E-state index in [1.54, 1.807) is 0 Å². The maximum atomic E-state index is 13.4. The Morgan fingerprint density at radius 2 is 1.34 bits per heavy atom. The van der Waals surface area contributed by atoms with E-state index < -0.39 is 0 Å². The van der Waals surface area contributed by atoms with E-state index in [9.17, 15) is 14.7 Å². The number of ketones is 2. The first-order valence-electron chi connectivity index (χ1n) is 10.6. The molecule has 1 N–H and O–H groups in total. The van der Waals surface area contributed by atoms with Crippen LogP contribution < -0.4 is 0 Å². The lowest BCUT2D eigenvalue weighted by Gasteiger charge is -2.49. The predicted octanol–water partition coefficient (Wildman–Crippen LogP) is 4.36. The van der Waals surface area contributed by atoms with Gasteiger partial charge in [0.2, 0.25) is 0 Å². The van der Waals surface area contributed by atoms with Crippen molar-refractivity contribution in [1.29, 1.82) is 0 Å². The highest BCUT2D eigenvalue weighted by Gasteiger charge is 2.48. The van der Waals surface area contributed by atoms with Crippen molar-refractivity contribution in [3.63, 3.8) is 0 Å². The molecule has 1 heterocycles. The highest BCUT2D eigenvalue weighted by atomic mass is 16.3. The van der Waals surface area contributed by atoms with Crippen molar-refractivity contribution in [3.8, 4) is 0 Å². The fourth-order valence-corrected chi connectivity index (χ4v) is 5.40. The Balaban J connectivity index is 1.98. The number of hydrogen-bond donors (Lipinski definition) is 1. The Bertz CT molecular complexity index is 867. The van der Waals surface area contributed by atoms with Gasteiger partial charge in [0, 0.05) is 47.8 Å². The normalized spacial score (nSPS) is 24.0. The van der Waals surface area contributed by atoms with Crippen LogP contribution in [-0.2, 0) is 9.59 Å². The van der Waals surface area contributed by atoms with Crippen molar-refractivity contribution in [2.75, 3.05) is 13.2 Å². The molecule has 1 aromatic carbocycles. The third-order valence-electron chi connectivity index (χ3n) is 6.48. The average Bonchev–Trinajstić information content (AvgIpc) is 2.61. The topological polar surface area (TPSA) is 57.6 Å². The second kappa shape index (κ2) is 6.94. The van der Waals surface area contributed by atoms with Crippen molar-refractivity contribution >= 4 is 11.6 Å². The third kappa shape index (κ3) is 3.48. The Morgan fingerprint density at radius 3 is 1.79 bits per heavy atom. The number of aliphatic hydroxyl groups is 1.